The van der Waals surface area contributed by atoms with E-state index in [9.17, 15) is 33.5 Å². The van der Waals surface area contributed by atoms with Crippen molar-refractivity contribution >= 4 is 40.8 Å². The summed E-state index contributed by atoms with van der Waals surface area (Å²) in [5.41, 5.74) is 0.231. The zero-order chi connectivity index (χ0) is 31.2. The molecule has 2 heterocycles. The van der Waals surface area contributed by atoms with E-state index in [1.54, 1.807) is 48.5 Å². The second-order valence-corrected chi connectivity index (χ2v) is 11.9. The van der Waals surface area contributed by atoms with Crippen molar-refractivity contribution in [1.29, 1.82) is 5.26 Å². The van der Waals surface area contributed by atoms with Gasteiger partial charge in [0, 0.05) is 47.8 Å². The molecule has 3 fully saturated rings. The number of carbonyl (C=O) groups excluding carboxylic acids is 3. The number of rotatable bonds is 8. The van der Waals surface area contributed by atoms with E-state index in [0.29, 0.717) is 18.4 Å². The molecule has 1 aliphatic heterocycles. The van der Waals surface area contributed by atoms with Crippen LogP contribution in [0.1, 0.15) is 61.3 Å². The molecular weight excluding hydrogens is 592 g/mol. The van der Waals surface area contributed by atoms with Crippen LogP contribution < -0.4 is 15.1 Å². The first kappa shape index (κ1) is 29.7. The molecule has 1 saturated heterocycles. The molecular formula is C32H28ClF2N5O4. The number of hydrogen-bond donors (Lipinski definition) is 2. The lowest BCUT2D eigenvalue weighted by molar-refractivity contribution is -0.133. The number of hydrogen-bond acceptors (Lipinski definition) is 6. The third-order valence-corrected chi connectivity index (χ3v) is 8.73. The number of pyridine rings is 1. The minimum absolute atomic E-state index is 0.0165. The minimum Gasteiger partial charge on any atom is -0.385 e. The van der Waals surface area contributed by atoms with Crippen LogP contribution >= 0.6 is 11.6 Å². The van der Waals surface area contributed by atoms with Gasteiger partial charge in [-0.05, 0) is 55.2 Å². The van der Waals surface area contributed by atoms with Gasteiger partial charge in [0.15, 0.2) is 0 Å². The SMILES string of the molecule is N#Cc1ccnc(N2C(=O)CC[C@H]2C(=O)N(c2cccc(C3(O)CC3)c2)C(C(=O)NC2CC(F)(F)C2)c2ccccc2Cl)c1. The Balaban J connectivity index is 1.47. The molecule has 0 spiro atoms. The van der Waals surface area contributed by atoms with Crippen molar-refractivity contribution in [2.45, 2.75) is 68.2 Å². The zero-order valence-corrected chi connectivity index (χ0v) is 24.2. The Morgan fingerprint density at radius 2 is 1.89 bits per heavy atom. The highest BCUT2D eigenvalue weighted by Gasteiger charge is 2.49. The summed E-state index contributed by atoms with van der Waals surface area (Å²) in [5.74, 6) is -4.53. The Kier molecular flexibility index (Phi) is 7.59. The minimum atomic E-state index is -2.89. The molecule has 2 aromatic carbocycles. The summed E-state index contributed by atoms with van der Waals surface area (Å²) in [4.78, 5) is 48.6. The van der Waals surface area contributed by atoms with E-state index in [4.69, 9.17) is 11.6 Å². The van der Waals surface area contributed by atoms with Crippen molar-refractivity contribution in [3.8, 4) is 6.07 Å². The average Bonchev–Trinajstić information content (AvgIpc) is 3.63. The van der Waals surface area contributed by atoms with Crippen LogP contribution in [0, 0.1) is 11.3 Å². The number of nitrogens with zero attached hydrogens (tertiary/aromatic N) is 4. The average molecular weight is 620 g/mol. The normalized spacial score (nSPS) is 20.8. The van der Waals surface area contributed by atoms with Gasteiger partial charge in [0.05, 0.1) is 17.2 Å². The molecule has 6 rings (SSSR count). The van der Waals surface area contributed by atoms with Gasteiger partial charge in [0.1, 0.15) is 17.9 Å². The number of benzene rings is 2. The van der Waals surface area contributed by atoms with E-state index in [1.165, 1.54) is 28.1 Å². The molecule has 2 aliphatic carbocycles. The lowest BCUT2D eigenvalue weighted by Crippen LogP contribution is -2.56. The molecule has 1 aromatic heterocycles. The van der Waals surface area contributed by atoms with Gasteiger partial charge in [-0.25, -0.2) is 13.8 Å². The molecule has 3 aliphatic rings. The largest absolute Gasteiger partial charge is 0.385 e. The Morgan fingerprint density at radius 1 is 1.14 bits per heavy atom. The molecule has 3 aromatic rings. The molecule has 9 nitrogen and oxygen atoms in total. The van der Waals surface area contributed by atoms with E-state index < -0.39 is 54.3 Å². The van der Waals surface area contributed by atoms with Crippen LogP contribution in [-0.2, 0) is 20.0 Å². The second-order valence-electron chi connectivity index (χ2n) is 11.5. The van der Waals surface area contributed by atoms with Crippen LogP contribution in [0.4, 0.5) is 20.3 Å². The number of anilines is 2. The molecule has 3 amide bonds. The quantitative estimate of drug-likeness (QED) is 0.374. The third-order valence-electron chi connectivity index (χ3n) is 8.38. The maximum absolute atomic E-state index is 14.7. The molecule has 12 heteroatoms. The highest BCUT2D eigenvalue weighted by atomic mass is 35.5. The number of carbonyl (C=O) groups is 3. The van der Waals surface area contributed by atoms with E-state index in [2.05, 4.69) is 10.3 Å². The zero-order valence-electron chi connectivity index (χ0n) is 23.4. The summed E-state index contributed by atoms with van der Waals surface area (Å²) in [6, 6.07) is 14.6. The smallest absolute Gasteiger partial charge is 0.252 e. The molecule has 44 heavy (non-hydrogen) atoms. The lowest BCUT2D eigenvalue weighted by Gasteiger charge is -2.39. The van der Waals surface area contributed by atoms with Crippen LogP contribution in [0.15, 0.2) is 66.9 Å². The Morgan fingerprint density at radius 3 is 2.57 bits per heavy atom. The lowest BCUT2D eigenvalue weighted by atomic mass is 9.87. The van der Waals surface area contributed by atoms with Crippen molar-refractivity contribution in [2.24, 2.45) is 0 Å². The number of alkyl halides is 2. The molecule has 2 saturated carbocycles. The first-order chi connectivity index (χ1) is 21.0. The van der Waals surface area contributed by atoms with Crippen molar-refractivity contribution in [3.05, 3.63) is 88.6 Å². The summed E-state index contributed by atoms with van der Waals surface area (Å²) in [7, 11) is 0. The highest BCUT2D eigenvalue weighted by Crippen LogP contribution is 2.47. The van der Waals surface area contributed by atoms with Crippen LogP contribution in [0.3, 0.4) is 0 Å². The van der Waals surface area contributed by atoms with Crippen LogP contribution in [0.2, 0.25) is 5.02 Å². The van der Waals surface area contributed by atoms with E-state index in [-0.39, 0.29) is 46.4 Å². The molecule has 1 unspecified atom stereocenters. The van der Waals surface area contributed by atoms with Crippen LogP contribution in [0.5, 0.6) is 0 Å². The monoisotopic (exact) mass is 619 g/mol. The maximum atomic E-state index is 14.7. The fourth-order valence-electron chi connectivity index (χ4n) is 5.88. The van der Waals surface area contributed by atoms with Gasteiger partial charge in [-0.3, -0.25) is 24.2 Å². The van der Waals surface area contributed by atoms with Crippen molar-refractivity contribution in [3.63, 3.8) is 0 Å². The number of aliphatic hydroxyl groups is 1. The Bertz CT molecular complexity index is 1680. The first-order valence-electron chi connectivity index (χ1n) is 14.3. The molecule has 0 bridgehead atoms. The number of aromatic nitrogens is 1. The highest BCUT2D eigenvalue weighted by molar-refractivity contribution is 6.31. The first-order valence-corrected chi connectivity index (χ1v) is 14.6. The predicted molar refractivity (Wildman–Crippen MR) is 157 cm³/mol. The van der Waals surface area contributed by atoms with Gasteiger partial charge < -0.3 is 10.4 Å². The summed E-state index contributed by atoms with van der Waals surface area (Å²) in [5, 5.41) is 23.1. The second kappa shape index (κ2) is 11.3. The topological polar surface area (TPSA) is 127 Å². The van der Waals surface area contributed by atoms with Gasteiger partial charge in [-0.15, -0.1) is 0 Å². The summed E-state index contributed by atoms with van der Waals surface area (Å²) in [6.07, 6.45) is 1.48. The number of nitriles is 1. The fraction of sp³-hybridized carbons (Fsp3) is 0.344. The van der Waals surface area contributed by atoms with Crippen molar-refractivity contribution in [1.82, 2.24) is 10.3 Å². The molecule has 0 radical (unpaired) electrons. The fourth-order valence-corrected chi connectivity index (χ4v) is 6.12. The third kappa shape index (κ3) is 5.63. The Labute approximate surface area is 257 Å². The van der Waals surface area contributed by atoms with E-state index in [1.807, 2.05) is 6.07 Å². The van der Waals surface area contributed by atoms with Crippen LogP contribution in [0.25, 0.3) is 0 Å². The van der Waals surface area contributed by atoms with E-state index >= 15 is 0 Å². The van der Waals surface area contributed by atoms with Gasteiger partial charge in [-0.1, -0.05) is 41.9 Å². The van der Waals surface area contributed by atoms with Gasteiger partial charge in [0.2, 0.25) is 11.8 Å². The van der Waals surface area contributed by atoms with Crippen molar-refractivity contribution < 1.29 is 28.3 Å². The van der Waals surface area contributed by atoms with Gasteiger partial charge in [0.25, 0.3) is 11.8 Å². The van der Waals surface area contributed by atoms with Gasteiger partial charge in [-0.2, -0.15) is 5.26 Å². The summed E-state index contributed by atoms with van der Waals surface area (Å²) in [6.45, 7) is 0. The number of nitrogens with one attached hydrogen (secondary N) is 1. The Hall–Kier alpha value is -4.40. The van der Waals surface area contributed by atoms with Crippen molar-refractivity contribution in [2.75, 3.05) is 9.80 Å². The number of amides is 3. The maximum Gasteiger partial charge on any atom is 0.252 e. The molecule has 226 valence electrons. The molecule has 2 atom stereocenters. The van der Waals surface area contributed by atoms with Gasteiger partial charge >= 0.3 is 0 Å². The summed E-state index contributed by atoms with van der Waals surface area (Å²) < 4.78 is 27.4. The number of halogens is 3. The molecule has 2 N–H and O–H groups in total. The van der Waals surface area contributed by atoms with E-state index in [0.717, 1.165) is 0 Å². The van der Waals surface area contributed by atoms with Crippen LogP contribution in [-0.4, -0.2) is 45.8 Å². The predicted octanol–water partition coefficient (Wildman–Crippen LogP) is 4.77. The standard InChI is InChI=1S/C32H28ClF2N5O4/c33-24-7-2-1-6-23(24)28(29(42)38-21-16-32(34,35)17-21)39(22-5-3-4-20(15-22)31(44)11-12-31)30(43)25-8-9-27(41)40(25)26-14-19(18-36)10-13-37-26/h1-7,10,13-15,21,25,28,44H,8-9,11-12,16-17H2,(H,38,42)/t25-,28?/m0/s1. The summed E-state index contributed by atoms with van der Waals surface area (Å²) >= 11 is 6.60.